The second kappa shape index (κ2) is 9.39. The number of nitrogens with one attached hydrogen (secondary N) is 1. The fraction of sp³-hybridized carbons (Fsp3) is 0.346. The number of benzene rings is 2. The van der Waals surface area contributed by atoms with E-state index in [1.165, 1.54) is 5.56 Å². The molecule has 2 aromatic carbocycles. The monoisotopic (exact) mass is 429 g/mol. The number of nitrogens with zero attached hydrogens (tertiary/aromatic N) is 4. The molecule has 0 aliphatic carbocycles. The smallest absolute Gasteiger partial charge is 0.321 e. The molecule has 0 radical (unpaired) electrons. The van der Waals surface area contributed by atoms with Crippen LogP contribution >= 0.6 is 0 Å². The Morgan fingerprint density at radius 1 is 0.969 bits per heavy atom. The molecule has 0 unspecified atom stereocenters. The minimum Gasteiger partial charge on any atom is -0.353 e. The van der Waals surface area contributed by atoms with Crippen molar-refractivity contribution in [1.82, 2.24) is 14.9 Å². The molecule has 1 N–H and O–H groups in total. The SMILES string of the molecule is CCc1ccccc1NC(=O)N1CCN(c2nc(-c3cccc(C)c3)nc(C)c2C)CC1. The van der Waals surface area contributed by atoms with Crippen LogP contribution in [-0.4, -0.2) is 47.1 Å². The number of rotatable bonds is 4. The fourth-order valence-electron chi connectivity index (χ4n) is 4.10. The van der Waals surface area contributed by atoms with Gasteiger partial charge in [0.1, 0.15) is 5.82 Å². The first-order valence-corrected chi connectivity index (χ1v) is 11.3. The van der Waals surface area contributed by atoms with Crippen molar-refractivity contribution in [3.8, 4) is 11.4 Å². The largest absolute Gasteiger partial charge is 0.353 e. The summed E-state index contributed by atoms with van der Waals surface area (Å²) in [5, 5.41) is 3.08. The number of para-hydroxylation sites is 1. The highest BCUT2D eigenvalue weighted by atomic mass is 16.2. The molecule has 1 aliphatic heterocycles. The third-order valence-corrected chi connectivity index (χ3v) is 6.15. The topological polar surface area (TPSA) is 61.4 Å². The standard InChI is InChI=1S/C26H31N5O/c1-5-21-10-6-7-12-23(21)28-26(32)31-15-13-30(14-16-31)25-19(3)20(4)27-24(29-25)22-11-8-9-18(2)17-22/h6-12,17H,5,13-16H2,1-4H3,(H,28,32). The molecule has 166 valence electrons. The van der Waals surface area contributed by atoms with Gasteiger partial charge in [-0.3, -0.25) is 0 Å². The summed E-state index contributed by atoms with van der Waals surface area (Å²) < 4.78 is 0. The van der Waals surface area contributed by atoms with Gasteiger partial charge in [-0.1, -0.05) is 48.9 Å². The number of carbonyl (C=O) groups is 1. The Morgan fingerprint density at radius 2 is 1.72 bits per heavy atom. The first kappa shape index (κ1) is 21.8. The summed E-state index contributed by atoms with van der Waals surface area (Å²) in [5.74, 6) is 1.72. The number of amides is 2. The zero-order valence-electron chi connectivity index (χ0n) is 19.4. The first-order chi connectivity index (χ1) is 15.5. The van der Waals surface area contributed by atoms with Crippen molar-refractivity contribution in [3.05, 3.63) is 70.9 Å². The third kappa shape index (κ3) is 4.59. The Labute approximate surface area is 190 Å². The minimum atomic E-state index is -0.0402. The van der Waals surface area contributed by atoms with E-state index in [4.69, 9.17) is 9.97 Å². The van der Waals surface area contributed by atoms with Crippen molar-refractivity contribution in [3.63, 3.8) is 0 Å². The van der Waals surface area contributed by atoms with Crippen LogP contribution in [0, 0.1) is 20.8 Å². The molecule has 6 heteroatoms. The Kier molecular flexibility index (Phi) is 6.40. The van der Waals surface area contributed by atoms with Crippen molar-refractivity contribution < 1.29 is 4.79 Å². The van der Waals surface area contributed by atoms with Gasteiger partial charge in [0.15, 0.2) is 5.82 Å². The van der Waals surface area contributed by atoms with Gasteiger partial charge < -0.3 is 15.1 Å². The van der Waals surface area contributed by atoms with Crippen molar-refractivity contribution in [2.24, 2.45) is 0 Å². The lowest BCUT2D eigenvalue weighted by atomic mass is 10.1. The average molecular weight is 430 g/mol. The molecule has 2 heterocycles. The number of hydrogen-bond donors (Lipinski definition) is 1. The van der Waals surface area contributed by atoms with E-state index in [9.17, 15) is 4.79 Å². The van der Waals surface area contributed by atoms with E-state index in [1.807, 2.05) is 36.1 Å². The van der Waals surface area contributed by atoms with E-state index < -0.39 is 0 Å². The molecule has 0 atom stereocenters. The molecular weight excluding hydrogens is 398 g/mol. The number of aromatic nitrogens is 2. The second-order valence-corrected chi connectivity index (χ2v) is 8.37. The third-order valence-electron chi connectivity index (χ3n) is 6.15. The number of piperazine rings is 1. The molecule has 0 saturated carbocycles. The van der Waals surface area contributed by atoms with Crippen LogP contribution in [-0.2, 0) is 6.42 Å². The van der Waals surface area contributed by atoms with Gasteiger partial charge in [-0.2, -0.15) is 0 Å². The van der Waals surface area contributed by atoms with Gasteiger partial charge in [-0.15, -0.1) is 0 Å². The van der Waals surface area contributed by atoms with Crippen molar-refractivity contribution in [1.29, 1.82) is 0 Å². The van der Waals surface area contributed by atoms with Crippen LogP contribution in [0.2, 0.25) is 0 Å². The highest BCUT2D eigenvalue weighted by Crippen LogP contribution is 2.26. The van der Waals surface area contributed by atoms with Crippen LogP contribution in [0.5, 0.6) is 0 Å². The fourth-order valence-corrected chi connectivity index (χ4v) is 4.10. The van der Waals surface area contributed by atoms with Crippen LogP contribution in [0.15, 0.2) is 48.5 Å². The summed E-state index contributed by atoms with van der Waals surface area (Å²) in [7, 11) is 0. The summed E-state index contributed by atoms with van der Waals surface area (Å²) in [6, 6.07) is 16.2. The molecule has 0 bridgehead atoms. The predicted molar refractivity (Wildman–Crippen MR) is 130 cm³/mol. The molecule has 1 fully saturated rings. The summed E-state index contributed by atoms with van der Waals surface area (Å²) in [5.41, 5.74) is 6.35. The molecular formula is C26H31N5O. The van der Waals surface area contributed by atoms with E-state index in [0.29, 0.717) is 13.1 Å². The number of carbonyl (C=O) groups excluding carboxylic acids is 1. The number of anilines is 2. The van der Waals surface area contributed by atoms with E-state index in [-0.39, 0.29) is 6.03 Å². The van der Waals surface area contributed by atoms with Gasteiger partial charge in [-0.05, 0) is 44.9 Å². The maximum Gasteiger partial charge on any atom is 0.321 e. The van der Waals surface area contributed by atoms with E-state index in [1.54, 1.807) is 0 Å². The Hall–Kier alpha value is -3.41. The normalized spacial score (nSPS) is 13.9. The van der Waals surface area contributed by atoms with E-state index >= 15 is 0 Å². The summed E-state index contributed by atoms with van der Waals surface area (Å²) in [6.45, 7) is 11.1. The van der Waals surface area contributed by atoms with Gasteiger partial charge in [0.25, 0.3) is 0 Å². The maximum atomic E-state index is 12.8. The minimum absolute atomic E-state index is 0.0402. The van der Waals surface area contributed by atoms with E-state index in [2.05, 4.69) is 55.3 Å². The number of urea groups is 1. The quantitative estimate of drug-likeness (QED) is 0.635. The summed E-state index contributed by atoms with van der Waals surface area (Å²) in [6.07, 6.45) is 0.889. The molecule has 4 rings (SSSR count). The van der Waals surface area contributed by atoms with Gasteiger partial charge >= 0.3 is 6.03 Å². The van der Waals surface area contributed by atoms with Crippen molar-refractivity contribution in [2.45, 2.75) is 34.1 Å². The number of hydrogen-bond acceptors (Lipinski definition) is 4. The Balaban J connectivity index is 1.47. The molecule has 0 spiro atoms. The lowest BCUT2D eigenvalue weighted by molar-refractivity contribution is 0.208. The van der Waals surface area contributed by atoms with Gasteiger partial charge in [0, 0.05) is 48.7 Å². The van der Waals surface area contributed by atoms with Crippen LogP contribution < -0.4 is 10.2 Å². The molecule has 2 amide bonds. The molecule has 3 aromatic rings. The zero-order valence-corrected chi connectivity index (χ0v) is 19.4. The summed E-state index contributed by atoms with van der Waals surface area (Å²) >= 11 is 0. The Bertz CT molecular complexity index is 1120. The number of aryl methyl sites for hydroxylation is 3. The maximum absolute atomic E-state index is 12.8. The molecule has 1 aliphatic rings. The highest BCUT2D eigenvalue weighted by molar-refractivity contribution is 5.90. The van der Waals surface area contributed by atoms with Crippen molar-refractivity contribution >= 4 is 17.5 Å². The van der Waals surface area contributed by atoms with Gasteiger partial charge in [0.05, 0.1) is 0 Å². The van der Waals surface area contributed by atoms with Crippen LogP contribution in [0.3, 0.4) is 0 Å². The van der Waals surface area contributed by atoms with E-state index in [0.717, 1.165) is 59.2 Å². The predicted octanol–water partition coefficient (Wildman–Crippen LogP) is 4.99. The molecule has 1 aromatic heterocycles. The van der Waals surface area contributed by atoms with Gasteiger partial charge in [0.2, 0.25) is 0 Å². The second-order valence-electron chi connectivity index (χ2n) is 8.37. The lowest BCUT2D eigenvalue weighted by Gasteiger charge is -2.36. The van der Waals surface area contributed by atoms with Crippen LogP contribution in [0.4, 0.5) is 16.3 Å². The van der Waals surface area contributed by atoms with Crippen molar-refractivity contribution in [2.75, 3.05) is 36.4 Å². The van der Waals surface area contributed by atoms with Crippen LogP contribution in [0.25, 0.3) is 11.4 Å². The van der Waals surface area contributed by atoms with Crippen LogP contribution in [0.1, 0.15) is 29.3 Å². The van der Waals surface area contributed by atoms with Gasteiger partial charge in [-0.25, -0.2) is 14.8 Å². The zero-order chi connectivity index (χ0) is 22.7. The lowest BCUT2D eigenvalue weighted by Crippen LogP contribution is -2.50. The average Bonchev–Trinajstić information content (AvgIpc) is 2.81. The summed E-state index contributed by atoms with van der Waals surface area (Å²) in [4.78, 5) is 26.7. The highest BCUT2D eigenvalue weighted by Gasteiger charge is 2.24. The molecule has 32 heavy (non-hydrogen) atoms. The Morgan fingerprint density at radius 3 is 2.44 bits per heavy atom. The first-order valence-electron chi connectivity index (χ1n) is 11.3. The molecule has 1 saturated heterocycles. The molecule has 6 nitrogen and oxygen atoms in total.